The first-order valence-corrected chi connectivity index (χ1v) is 6.60. The first kappa shape index (κ1) is 12.2. The Morgan fingerprint density at radius 1 is 1.47 bits per heavy atom. The van der Waals surface area contributed by atoms with Crippen LogP contribution < -0.4 is 5.32 Å². The fraction of sp³-hybridized carbons (Fsp3) is 0.400. The lowest BCUT2D eigenvalue weighted by molar-refractivity contribution is -0.138. The van der Waals surface area contributed by atoms with Gasteiger partial charge in [-0.25, -0.2) is 0 Å². The zero-order valence-electron chi connectivity index (χ0n) is 11.1. The maximum absolute atomic E-state index is 11.1. The summed E-state index contributed by atoms with van der Waals surface area (Å²) < 4.78 is 0. The minimum Gasteiger partial charge on any atom is -0.481 e. The Morgan fingerprint density at radius 3 is 2.84 bits per heavy atom. The van der Waals surface area contributed by atoms with Crippen molar-refractivity contribution in [2.24, 2.45) is 11.8 Å². The van der Waals surface area contributed by atoms with Gasteiger partial charge in [0.15, 0.2) is 0 Å². The Morgan fingerprint density at radius 2 is 2.21 bits per heavy atom. The fourth-order valence-corrected chi connectivity index (χ4v) is 3.14. The highest BCUT2D eigenvalue weighted by Crippen LogP contribution is 2.49. The van der Waals surface area contributed by atoms with E-state index in [0.717, 1.165) is 17.6 Å². The van der Waals surface area contributed by atoms with E-state index in [1.165, 1.54) is 10.9 Å². The zero-order valence-corrected chi connectivity index (χ0v) is 11.1. The average molecular weight is 258 g/mol. The van der Waals surface area contributed by atoms with E-state index in [2.05, 4.69) is 29.4 Å². The second kappa shape index (κ2) is 4.38. The molecule has 0 bridgehead atoms. The maximum atomic E-state index is 11.1. The van der Waals surface area contributed by atoms with Crippen molar-refractivity contribution in [3.8, 4) is 0 Å². The number of aliphatic carboxylic acids is 1. The van der Waals surface area contributed by atoms with Crippen LogP contribution in [0.3, 0.4) is 0 Å². The van der Waals surface area contributed by atoms with E-state index in [0.29, 0.717) is 0 Å². The number of para-hydroxylation sites is 1. The lowest BCUT2D eigenvalue weighted by atomic mass is 9.98. The Hall–Kier alpha value is -1.81. The van der Waals surface area contributed by atoms with Gasteiger partial charge in [0.2, 0.25) is 0 Å². The van der Waals surface area contributed by atoms with Crippen LogP contribution in [0.4, 0.5) is 0 Å². The van der Waals surface area contributed by atoms with Gasteiger partial charge in [-0.05, 0) is 37.9 Å². The minimum atomic E-state index is -0.678. The van der Waals surface area contributed by atoms with Gasteiger partial charge in [-0.15, -0.1) is 0 Å². The van der Waals surface area contributed by atoms with Gasteiger partial charge >= 0.3 is 5.97 Å². The van der Waals surface area contributed by atoms with E-state index < -0.39 is 5.97 Å². The number of rotatable bonds is 4. The van der Waals surface area contributed by atoms with Crippen molar-refractivity contribution < 1.29 is 9.90 Å². The number of nitrogens with one attached hydrogen (secondary N) is 2. The average Bonchev–Trinajstić information content (AvgIpc) is 3.10. The molecule has 3 N–H and O–H groups in total. The summed E-state index contributed by atoms with van der Waals surface area (Å²) in [4.78, 5) is 14.5. The van der Waals surface area contributed by atoms with Crippen molar-refractivity contribution in [3.05, 3.63) is 35.5 Å². The van der Waals surface area contributed by atoms with Gasteiger partial charge < -0.3 is 15.4 Å². The first-order chi connectivity index (χ1) is 9.13. The lowest BCUT2D eigenvalue weighted by Crippen LogP contribution is -2.21. The van der Waals surface area contributed by atoms with E-state index >= 15 is 0 Å². The molecular weight excluding hydrogens is 240 g/mol. The quantitative estimate of drug-likeness (QED) is 0.789. The molecule has 1 aromatic heterocycles. The fourth-order valence-electron chi connectivity index (χ4n) is 3.14. The van der Waals surface area contributed by atoms with E-state index in [1.54, 1.807) is 0 Å². The number of carbonyl (C=O) groups is 1. The number of benzene rings is 1. The number of hydrogen-bond donors (Lipinski definition) is 3. The number of hydrogen-bond acceptors (Lipinski definition) is 2. The van der Waals surface area contributed by atoms with Crippen LogP contribution in [0, 0.1) is 18.8 Å². The van der Waals surface area contributed by atoms with Crippen LogP contribution in [0.5, 0.6) is 0 Å². The van der Waals surface area contributed by atoms with Gasteiger partial charge in [-0.1, -0.05) is 18.2 Å². The Balaban J connectivity index is 2.02. The third-order valence-corrected chi connectivity index (χ3v) is 4.15. The predicted octanol–water partition coefficient (Wildman–Crippen LogP) is 2.46. The van der Waals surface area contributed by atoms with Crippen molar-refractivity contribution >= 4 is 16.9 Å². The summed E-state index contributed by atoms with van der Waals surface area (Å²) >= 11 is 0. The summed E-state index contributed by atoms with van der Waals surface area (Å²) in [5.41, 5.74) is 3.45. The number of carboxylic acids is 1. The van der Waals surface area contributed by atoms with Gasteiger partial charge in [-0.3, -0.25) is 4.79 Å². The topological polar surface area (TPSA) is 65.1 Å². The summed E-state index contributed by atoms with van der Waals surface area (Å²) in [5, 5.41) is 13.6. The largest absolute Gasteiger partial charge is 0.481 e. The number of aromatic nitrogens is 1. The van der Waals surface area contributed by atoms with Crippen LogP contribution in [0.1, 0.15) is 23.7 Å². The van der Waals surface area contributed by atoms with Crippen LogP contribution in [-0.2, 0) is 4.79 Å². The van der Waals surface area contributed by atoms with Crippen molar-refractivity contribution in [1.82, 2.24) is 10.3 Å². The van der Waals surface area contributed by atoms with Gasteiger partial charge in [-0.2, -0.15) is 0 Å². The van der Waals surface area contributed by atoms with Crippen molar-refractivity contribution in [2.75, 3.05) is 7.05 Å². The van der Waals surface area contributed by atoms with E-state index in [4.69, 9.17) is 5.11 Å². The molecule has 1 heterocycles. The molecule has 1 aromatic carbocycles. The van der Waals surface area contributed by atoms with Crippen LogP contribution in [0.15, 0.2) is 24.3 Å². The smallest absolute Gasteiger partial charge is 0.306 e. The number of H-pyrrole nitrogens is 1. The number of carboxylic acid groups (broad SMARTS) is 1. The molecule has 0 radical (unpaired) electrons. The van der Waals surface area contributed by atoms with E-state index in [9.17, 15) is 4.79 Å². The molecule has 2 aromatic rings. The zero-order chi connectivity index (χ0) is 13.6. The van der Waals surface area contributed by atoms with Crippen LogP contribution in [-0.4, -0.2) is 23.1 Å². The van der Waals surface area contributed by atoms with Gasteiger partial charge in [0.05, 0.1) is 5.92 Å². The Labute approximate surface area is 111 Å². The van der Waals surface area contributed by atoms with Crippen LogP contribution >= 0.6 is 0 Å². The van der Waals surface area contributed by atoms with Crippen LogP contribution in [0.25, 0.3) is 10.9 Å². The van der Waals surface area contributed by atoms with Crippen LogP contribution in [0.2, 0.25) is 0 Å². The third-order valence-electron chi connectivity index (χ3n) is 4.15. The second-order valence-corrected chi connectivity index (χ2v) is 5.32. The molecule has 3 atom stereocenters. The summed E-state index contributed by atoms with van der Waals surface area (Å²) in [7, 11) is 1.91. The summed E-state index contributed by atoms with van der Waals surface area (Å²) in [6, 6.07) is 8.29. The van der Waals surface area contributed by atoms with Gasteiger partial charge in [0.1, 0.15) is 0 Å². The molecule has 1 aliphatic carbocycles. The molecule has 3 unspecified atom stereocenters. The summed E-state index contributed by atoms with van der Waals surface area (Å²) in [6.45, 7) is 2.05. The minimum absolute atomic E-state index is 0.109. The molecule has 0 spiro atoms. The molecule has 1 fully saturated rings. The normalized spacial score (nSPS) is 23.5. The van der Waals surface area contributed by atoms with E-state index in [-0.39, 0.29) is 17.9 Å². The third kappa shape index (κ3) is 1.92. The van der Waals surface area contributed by atoms with Crippen molar-refractivity contribution in [1.29, 1.82) is 0 Å². The number of aromatic amines is 1. The molecule has 0 saturated heterocycles. The van der Waals surface area contributed by atoms with Crippen molar-refractivity contribution in [2.45, 2.75) is 19.4 Å². The molecule has 100 valence electrons. The van der Waals surface area contributed by atoms with Gasteiger partial charge in [0, 0.05) is 22.6 Å². The molecule has 1 aliphatic rings. The van der Waals surface area contributed by atoms with Gasteiger partial charge in [0.25, 0.3) is 0 Å². The standard InChI is InChI=1S/C15H18N2O2/c1-8-13(9-5-3-4-6-12(9)17-8)14(16-2)10-7-11(10)15(18)19/h3-6,10-11,14,16-17H,7H2,1-2H3,(H,18,19). The maximum Gasteiger partial charge on any atom is 0.306 e. The number of fused-ring (bicyclic) bond motifs is 1. The molecule has 0 aliphatic heterocycles. The summed E-state index contributed by atoms with van der Waals surface area (Å²) in [6.07, 6.45) is 0.764. The molecule has 4 heteroatoms. The molecule has 1 saturated carbocycles. The molecule has 3 rings (SSSR count). The first-order valence-electron chi connectivity index (χ1n) is 6.60. The summed E-state index contributed by atoms with van der Waals surface area (Å²) in [5.74, 6) is -0.686. The molecule has 19 heavy (non-hydrogen) atoms. The second-order valence-electron chi connectivity index (χ2n) is 5.32. The Bertz CT molecular complexity index is 632. The molecule has 4 nitrogen and oxygen atoms in total. The van der Waals surface area contributed by atoms with Crippen molar-refractivity contribution in [3.63, 3.8) is 0 Å². The molecular formula is C15H18N2O2. The predicted molar refractivity (Wildman–Crippen MR) is 74.1 cm³/mol. The molecule has 0 amide bonds. The highest BCUT2D eigenvalue weighted by molar-refractivity contribution is 5.85. The highest BCUT2D eigenvalue weighted by Gasteiger charge is 2.48. The SMILES string of the molecule is CNC(c1c(C)[nH]c2ccccc12)C1CC1C(=O)O. The monoisotopic (exact) mass is 258 g/mol. The Kier molecular flexibility index (Phi) is 2.82. The highest BCUT2D eigenvalue weighted by atomic mass is 16.4. The number of aryl methyl sites for hydroxylation is 1. The van der Waals surface area contributed by atoms with E-state index in [1.807, 2.05) is 19.2 Å². The lowest BCUT2D eigenvalue weighted by Gasteiger charge is -2.16.